The fourth-order valence-corrected chi connectivity index (χ4v) is 4.72. The summed E-state index contributed by atoms with van der Waals surface area (Å²) in [4.78, 5) is 0. The van der Waals surface area contributed by atoms with Gasteiger partial charge in [0.05, 0.1) is 0 Å². The minimum absolute atomic E-state index is 0.0520. The van der Waals surface area contributed by atoms with Gasteiger partial charge in [-0.25, -0.2) is 0 Å². The second-order valence-corrected chi connectivity index (χ2v) is 17.1. The van der Waals surface area contributed by atoms with E-state index in [1.165, 1.54) is 0 Å². The molecule has 0 saturated heterocycles. The van der Waals surface area contributed by atoms with Crippen LogP contribution in [0.5, 0.6) is 0 Å². The van der Waals surface area contributed by atoms with E-state index >= 15 is 0 Å². The van der Waals surface area contributed by atoms with Crippen LogP contribution < -0.4 is 0 Å². The van der Waals surface area contributed by atoms with Crippen LogP contribution in [-0.2, 0) is 4.43 Å². The van der Waals surface area contributed by atoms with E-state index in [0.29, 0.717) is 6.61 Å². The Bertz CT molecular complexity index is 301. The fraction of sp³-hybridized carbons (Fsp3) is 1.00. The van der Waals surface area contributed by atoms with Gasteiger partial charge in [0.15, 0.2) is 8.32 Å². The van der Waals surface area contributed by atoms with Crippen LogP contribution in [0.2, 0.25) is 44.8 Å². The first-order valence-electron chi connectivity index (χ1n) is 7.12. The lowest BCUT2D eigenvalue weighted by molar-refractivity contribution is -0.210. The Morgan fingerprint density at radius 2 is 1.20 bits per heavy atom. The lowest BCUT2D eigenvalue weighted by atomic mass is 10.1. The maximum absolute atomic E-state index is 13.8. The number of halogens is 4. The molecular weight excluding hydrogens is 304 g/mol. The topological polar surface area (TPSA) is 9.23 Å². The third kappa shape index (κ3) is 7.22. The maximum Gasteiger partial charge on any atom is 0.310 e. The normalized spacial score (nSPS) is 14.7. The molecule has 0 unspecified atom stereocenters. The summed E-state index contributed by atoms with van der Waals surface area (Å²) in [7, 11) is -4.00. The Labute approximate surface area is 122 Å². The zero-order chi connectivity index (χ0) is 16.2. The third-order valence-electron chi connectivity index (χ3n) is 3.30. The Morgan fingerprint density at radius 3 is 1.55 bits per heavy atom. The van der Waals surface area contributed by atoms with Crippen LogP contribution in [0.25, 0.3) is 0 Å². The molecule has 7 heteroatoms. The van der Waals surface area contributed by atoms with E-state index < -0.39 is 41.1 Å². The number of rotatable bonds is 9. The first kappa shape index (κ1) is 20.1. The van der Waals surface area contributed by atoms with E-state index in [4.69, 9.17) is 4.43 Å². The summed E-state index contributed by atoms with van der Waals surface area (Å²) in [5, 5.41) is 0. The SMILES string of the molecule is CCO[Si](C)(C)CCC(F)(F)C(F)(F)CC[Si](C)(C)C. The average molecular weight is 333 g/mol. The predicted molar refractivity (Wildman–Crippen MR) is 81.2 cm³/mol. The molecule has 20 heavy (non-hydrogen) atoms. The molecule has 0 bridgehead atoms. The van der Waals surface area contributed by atoms with Crippen LogP contribution in [0.1, 0.15) is 19.8 Å². The molecule has 0 aromatic heterocycles. The largest absolute Gasteiger partial charge is 0.418 e. The van der Waals surface area contributed by atoms with Crippen LogP contribution in [0.4, 0.5) is 17.6 Å². The van der Waals surface area contributed by atoms with Crippen molar-refractivity contribution in [3.63, 3.8) is 0 Å². The van der Waals surface area contributed by atoms with Crippen molar-refractivity contribution in [1.29, 1.82) is 0 Å². The molecule has 0 aliphatic heterocycles. The molecule has 0 spiro atoms. The molecule has 0 aromatic rings. The van der Waals surface area contributed by atoms with Crippen molar-refractivity contribution in [3.8, 4) is 0 Å². The highest BCUT2D eigenvalue weighted by molar-refractivity contribution is 6.76. The van der Waals surface area contributed by atoms with Gasteiger partial charge in [0, 0.05) is 27.5 Å². The van der Waals surface area contributed by atoms with Crippen molar-refractivity contribution in [1.82, 2.24) is 0 Å². The number of alkyl halides is 4. The van der Waals surface area contributed by atoms with Crippen molar-refractivity contribution in [3.05, 3.63) is 0 Å². The smallest absolute Gasteiger partial charge is 0.310 e. The quantitative estimate of drug-likeness (QED) is 0.393. The summed E-state index contributed by atoms with van der Waals surface area (Å²) in [5.41, 5.74) is 0. The highest BCUT2D eigenvalue weighted by Crippen LogP contribution is 2.43. The monoisotopic (exact) mass is 332 g/mol. The highest BCUT2D eigenvalue weighted by Gasteiger charge is 2.55. The predicted octanol–water partition coefficient (Wildman–Crippen LogP) is 5.62. The van der Waals surface area contributed by atoms with E-state index in [2.05, 4.69) is 0 Å². The first-order valence-corrected chi connectivity index (χ1v) is 13.9. The van der Waals surface area contributed by atoms with Gasteiger partial charge in [-0.3, -0.25) is 0 Å². The van der Waals surface area contributed by atoms with Crippen LogP contribution >= 0.6 is 0 Å². The van der Waals surface area contributed by atoms with Gasteiger partial charge in [-0.2, -0.15) is 17.6 Å². The second-order valence-electron chi connectivity index (χ2n) is 7.16. The molecule has 0 N–H and O–H groups in total. The van der Waals surface area contributed by atoms with E-state index in [0.717, 1.165) is 0 Å². The molecule has 122 valence electrons. The minimum atomic E-state index is -3.94. The van der Waals surface area contributed by atoms with Gasteiger partial charge in [-0.05, 0) is 26.1 Å². The van der Waals surface area contributed by atoms with Gasteiger partial charge in [0.25, 0.3) is 0 Å². The van der Waals surface area contributed by atoms with Gasteiger partial charge in [0.1, 0.15) is 0 Å². The highest BCUT2D eigenvalue weighted by atomic mass is 28.4. The molecule has 0 aliphatic carbocycles. The number of hydrogen-bond donors (Lipinski definition) is 0. The van der Waals surface area contributed by atoms with Crippen LogP contribution in [0, 0.1) is 0 Å². The number of hydrogen-bond acceptors (Lipinski definition) is 1. The molecule has 0 fully saturated rings. The third-order valence-corrected chi connectivity index (χ3v) is 7.57. The van der Waals surface area contributed by atoms with Gasteiger partial charge < -0.3 is 4.43 Å². The Balaban J connectivity index is 4.60. The van der Waals surface area contributed by atoms with Crippen molar-refractivity contribution >= 4 is 16.4 Å². The minimum Gasteiger partial charge on any atom is -0.418 e. The molecule has 0 rings (SSSR count). The molecule has 0 aromatic carbocycles. The van der Waals surface area contributed by atoms with Crippen molar-refractivity contribution in [2.24, 2.45) is 0 Å². The molecule has 0 atom stereocenters. The summed E-state index contributed by atoms with van der Waals surface area (Å²) < 4.78 is 60.5. The molecule has 0 heterocycles. The van der Waals surface area contributed by atoms with Gasteiger partial charge in [-0.15, -0.1) is 0 Å². The van der Waals surface area contributed by atoms with Gasteiger partial charge >= 0.3 is 11.8 Å². The Morgan fingerprint density at radius 1 is 0.800 bits per heavy atom. The summed E-state index contributed by atoms with van der Waals surface area (Å²) >= 11 is 0. The zero-order valence-corrected chi connectivity index (χ0v) is 15.5. The Hall–Kier alpha value is 0.114. The zero-order valence-electron chi connectivity index (χ0n) is 13.5. The lowest BCUT2D eigenvalue weighted by Crippen LogP contribution is -2.44. The van der Waals surface area contributed by atoms with Gasteiger partial charge in [-0.1, -0.05) is 25.7 Å². The van der Waals surface area contributed by atoms with Crippen molar-refractivity contribution < 1.29 is 22.0 Å². The van der Waals surface area contributed by atoms with Crippen LogP contribution in [-0.4, -0.2) is 34.8 Å². The molecule has 0 radical (unpaired) electrons. The van der Waals surface area contributed by atoms with Gasteiger partial charge in [0.2, 0.25) is 0 Å². The van der Waals surface area contributed by atoms with Crippen LogP contribution in [0.3, 0.4) is 0 Å². The second kappa shape index (κ2) is 6.92. The maximum atomic E-state index is 13.8. The van der Waals surface area contributed by atoms with Crippen LogP contribution in [0.15, 0.2) is 0 Å². The molecular formula is C13H28F4OSi2. The van der Waals surface area contributed by atoms with E-state index in [1.807, 2.05) is 19.6 Å². The lowest BCUT2D eigenvalue weighted by Gasteiger charge is -2.31. The Kier molecular flexibility index (Phi) is 6.95. The summed E-state index contributed by atoms with van der Waals surface area (Å²) in [6, 6.07) is 0.262. The summed E-state index contributed by atoms with van der Waals surface area (Å²) in [5.74, 6) is -7.85. The molecule has 0 saturated carbocycles. The van der Waals surface area contributed by atoms with E-state index in [1.54, 1.807) is 20.0 Å². The van der Waals surface area contributed by atoms with E-state index in [-0.39, 0.29) is 12.1 Å². The first-order chi connectivity index (χ1) is 8.72. The summed E-state index contributed by atoms with van der Waals surface area (Å²) in [6.07, 6.45) is -1.50. The standard InChI is InChI=1S/C13H28F4OSi2/c1-7-18-20(5,6)11-9-13(16,17)12(14,15)8-10-19(2,3)4/h7-11H2,1-6H3. The fourth-order valence-electron chi connectivity index (χ4n) is 1.82. The molecule has 0 amide bonds. The average Bonchev–Trinajstić information content (AvgIpc) is 2.23. The van der Waals surface area contributed by atoms with Crippen molar-refractivity contribution in [2.75, 3.05) is 6.61 Å². The molecule has 1 nitrogen and oxygen atoms in total. The van der Waals surface area contributed by atoms with E-state index in [9.17, 15) is 17.6 Å². The summed E-state index contributed by atoms with van der Waals surface area (Å²) in [6.45, 7) is 11.5. The molecule has 0 aliphatic rings. The van der Waals surface area contributed by atoms with Crippen molar-refractivity contribution in [2.45, 2.75) is 76.4 Å².